The molecule has 2 nitrogen and oxygen atoms in total. The summed E-state index contributed by atoms with van der Waals surface area (Å²) < 4.78 is 11.7. The third kappa shape index (κ3) is 7.58. The average Bonchev–Trinajstić information content (AvgIpc) is 2.42. The fourth-order valence-corrected chi connectivity index (χ4v) is 9.55. The molecule has 0 bridgehead atoms. The van der Waals surface area contributed by atoms with Crippen LogP contribution in [0.1, 0.15) is 33.1 Å². The van der Waals surface area contributed by atoms with E-state index in [1.165, 1.54) is 19.3 Å². The molecule has 1 rings (SSSR count). The Morgan fingerprint density at radius 1 is 1.06 bits per heavy atom. The maximum absolute atomic E-state index is 5.01. The summed E-state index contributed by atoms with van der Waals surface area (Å²) in [4.78, 5) is 0. The summed E-state index contributed by atoms with van der Waals surface area (Å²) in [5.41, 5.74) is 0. The summed E-state index contributed by atoms with van der Waals surface area (Å²) in [7, 11) is 0. The molecular formula is C11H22O2S4Se. The van der Waals surface area contributed by atoms with Crippen molar-refractivity contribution < 1.29 is 8.37 Å². The summed E-state index contributed by atoms with van der Waals surface area (Å²) >= 11 is 12.6. The van der Waals surface area contributed by atoms with Crippen LogP contribution in [0.2, 0.25) is 0 Å². The van der Waals surface area contributed by atoms with E-state index in [-0.39, 0.29) is 12.2 Å². The molecule has 0 aliphatic carbocycles. The Morgan fingerprint density at radius 2 is 1.50 bits per heavy atom. The van der Waals surface area contributed by atoms with Crippen LogP contribution in [0.3, 0.4) is 0 Å². The topological polar surface area (TPSA) is 18.5 Å². The van der Waals surface area contributed by atoms with Crippen LogP contribution in [-0.2, 0) is 8.37 Å². The molecule has 1 aliphatic rings. The molecule has 0 spiro atoms. The SMILES string of the molecule is CC(CSC1CCCC(SCC(C)OS)[Se]1)OS. The van der Waals surface area contributed by atoms with E-state index in [2.05, 4.69) is 63.2 Å². The summed E-state index contributed by atoms with van der Waals surface area (Å²) in [6.45, 7) is 4.15. The molecule has 0 aromatic rings. The Kier molecular flexibility index (Phi) is 10.5. The van der Waals surface area contributed by atoms with Crippen LogP contribution in [0, 0.1) is 0 Å². The zero-order valence-electron chi connectivity index (χ0n) is 10.8. The van der Waals surface area contributed by atoms with Crippen LogP contribution in [0.4, 0.5) is 0 Å². The van der Waals surface area contributed by atoms with Gasteiger partial charge in [0.1, 0.15) is 0 Å². The summed E-state index contributed by atoms with van der Waals surface area (Å²) in [6, 6.07) is 0. The number of thiol groups is 2. The molecule has 0 saturated carbocycles. The average molecular weight is 394 g/mol. The molecule has 108 valence electrons. The predicted molar refractivity (Wildman–Crippen MR) is 91.2 cm³/mol. The first kappa shape index (κ1) is 17.9. The minimum atomic E-state index is 0.250. The molecule has 7 heteroatoms. The van der Waals surface area contributed by atoms with Crippen molar-refractivity contribution in [3.63, 3.8) is 0 Å². The molecule has 0 N–H and O–H groups in total. The van der Waals surface area contributed by atoms with Gasteiger partial charge in [0, 0.05) is 0 Å². The van der Waals surface area contributed by atoms with Gasteiger partial charge in [-0.15, -0.1) is 0 Å². The molecule has 0 amide bonds. The molecule has 4 atom stereocenters. The van der Waals surface area contributed by atoms with Crippen molar-refractivity contribution in [1.82, 2.24) is 0 Å². The predicted octanol–water partition coefficient (Wildman–Crippen LogP) is 3.49. The fourth-order valence-electron chi connectivity index (χ4n) is 1.55. The van der Waals surface area contributed by atoms with E-state index in [0.29, 0.717) is 0 Å². The molecule has 0 aromatic carbocycles. The molecule has 1 saturated heterocycles. The summed E-state index contributed by atoms with van der Waals surface area (Å²) in [6.07, 6.45) is 4.61. The van der Waals surface area contributed by atoms with Crippen molar-refractivity contribution in [3.8, 4) is 0 Å². The standard InChI is InChI=1S/C11H22O2S4Se/c1-8(12-14)6-16-10-4-3-5-11(18-10)17-7-9(2)13-15/h8-11,14-15H,3-7H2,1-2H3. The first-order valence-corrected chi connectivity index (χ1v) is 11.0. The van der Waals surface area contributed by atoms with Gasteiger partial charge in [0.15, 0.2) is 0 Å². The Morgan fingerprint density at radius 3 is 1.89 bits per heavy atom. The number of rotatable bonds is 8. The first-order chi connectivity index (χ1) is 8.65. The van der Waals surface area contributed by atoms with Gasteiger partial charge in [-0.2, -0.15) is 0 Å². The van der Waals surface area contributed by atoms with Crippen molar-refractivity contribution in [2.24, 2.45) is 0 Å². The van der Waals surface area contributed by atoms with Gasteiger partial charge < -0.3 is 0 Å². The van der Waals surface area contributed by atoms with Gasteiger partial charge in [0.05, 0.1) is 0 Å². The van der Waals surface area contributed by atoms with E-state index in [9.17, 15) is 0 Å². The third-order valence-corrected chi connectivity index (χ3v) is 11.0. The van der Waals surface area contributed by atoms with Crippen molar-refractivity contribution in [1.29, 1.82) is 0 Å². The fraction of sp³-hybridized carbons (Fsp3) is 1.00. The quantitative estimate of drug-likeness (QED) is 0.373. The molecule has 0 radical (unpaired) electrons. The third-order valence-electron chi connectivity index (χ3n) is 2.58. The molecule has 4 unspecified atom stereocenters. The van der Waals surface area contributed by atoms with Gasteiger partial charge in [-0.1, -0.05) is 0 Å². The van der Waals surface area contributed by atoms with Crippen molar-refractivity contribution in [2.45, 2.75) is 53.6 Å². The van der Waals surface area contributed by atoms with Crippen LogP contribution in [0.25, 0.3) is 0 Å². The Labute approximate surface area is 137 Å². The van der Waals surface area contributed by atoms with Gasteiger partial charge >= 0.3 is 138 Å². The van der Waals surface area contributed by atoms with Gasteiger partial charge in [0.25, 0.3) is 0 Å². The van der Waals surface area contributed by atoms with Gasteiger partial charge in [-0.3, -0.25) is 0 Å². The normalized spacial score (nSPS) is 28.0. The monoisotopic (exact) mass is 394 g/mol. The van der Waals surface area contributed by atoms with Crippen LogP contribution >= 0.6 is 49.3 Å². The Bertz CT molecular complexity index is 203. The van der Waals surface area contributed by atoms with Gasteiger partial charge in [0.2, 0.25) is 0 Å². The Hall–Kier alpha value is 1.84. The van der Waals surface area contributed by atoms with Crippen LogP contribution in [-0.4, -0.2) is 47.0 Å². The summed E-state index contributed by atoms with van der Waals surface area (Å²) in [5.74, 6) is 2.12. The van der Waals surface area contributed by atoms with Crippen molar-refractivity contribution >= 4 is 64.3 Å². The second-order valence-corrected chi connectivity index (χ2v) is 11.6. The van der Waals surface area contributed by atoms with E-state index < -0.39 is 0 Å². The molecule has 1 fully saturated rings. The van der Waals surface area contributed by atoms with Crippen molar-refractivity contribution in [2.75, 3.05) is 11.5 Å². The van der Waals surface area contributed by atoms with E-state index in [4.69, 9.17) is 8.37 Å². The molecule has 18 heavy (non-hydrogen) atoms. The minimum absolute atomic E-state index is 0.250. The van der Waals surface area contributed by atoms with E-state index >= 15 is 0 Å². The molecular weight excluding hydrogens is 371 g/mol. The van der Waals surface area contributed by atoms with Gasteiger partial charge in [-0.25, -0.2) is 0 Å². The van der Waals surface area contributed by atoms with E-state index in [1.807, 2.05) is 0 Å². The second kappa shape index (κ2) is 10.5. The van der Waals surface area contributed by atoms with Crippen molar-refractivity contribution in [3.05, 3.63) is 0 Å². The van der Waals surface area contributed by atoms with Gasteiger partial charge in [-0.05, 0) is 0 Å². The summed E-state index contributed by atoms with van der Waals surface area (Å²) in [5, 5.41) is 0. The van der Waals surface area contributed by atoms with E-state index in [0.717, 1.165) is 34.8 Å². The van der Waals surface area contributed by atoms with E-state index in [1.54, 1.807) is 0 Å². The molecule has 1 heterocycles. The molecule has 0 aromatic heterocycles. The van der Waals surface area contributed by atoms with Crippen LogP contribution < -0.4 is 0 Å². The first-order valence-electron chi connectivity index (χ1n) is 6.14. The Balaban J connectivity index is 2.19. The zero-order valence-corrected chi connectivity index (χ0v) is 15.9. The number of thioether (sulfide) groups is 2. The second-order valence-electron chi connectivity index (χ2n) is 4.42. The maximum atomic E-state index is 5.01. The van der Waals surface area contributed by atoms with Crippen LogP contribution in [0.5, 0.6) is 0 Å². The van der Waals surface area contributed by atoms with Crippen LogP contribution in [0.15, 0.2) is 0 Å². The zero-order chi connectivity index (χ0) is 13.4. The number of hydrogen-bond donors (Lipinski definition) is 2. The molecule has 1 aliphatic heterocycles. The number of hydrogen-bond acceptors (Lipinski definition) is 6.